The first-order valence-corrected chi connectivity index (χ1v) is 10.0. The van der Waals surface area contributed by atoms with Gasteiger partial charge in [0.25, 0.3) is 5.91 Å². The summed E-state index contributed by atoms with van der Waals surface area (Å²) in [5.41, 5.74) is 2.13. The number of amides is 1. The van der Waals surface area contributed by atoms with Crippen LogP contribution in [0.2, 0.25) is 0 Å². The zero-order chi connectivity index (χ0) is 21.1. The lowest BCUT2D eigenvalue weighted by Gasteiger charge is -2.06. The predicted octanol–water partition coefficient (Wildman–Crippen LogP) is 4.65. The molecule has 0 aliphatic rings. The first kappa shape index (κ1) is 19.7. The summed E-state index contributed by atoms with van der Waals surface area (Å²) < 4.78 is 12.6. The van der Waals surface area contributed by atoms with Gasteiger partial charge in [-0.2, -0.15) is 5.10 Å². The Hall–Kier alpha value is -3.61. The molecule has 2 aromatic carbocycles. The van der Waals surface area contributed by atoms with Crippen molar-refractivity contribution in [1.29, 1.82) is 0 Å². The van der Waals surface area contributed by atoms with Crippen molar-refractivity contribution in [1.82, 2.24) is 14.8 Å². The number of aryl methyl sites for hydroxylation is 1. The molecule has 0 saturated heterocycles. The summed E-state index contributed by atoms with van der Waals surface area (Å²) >= 11 is 0. The van der Waals surface area contributed by atoms with Crippen molar-refractivity contribution in [3.05, 3.63) is 54.1 Å². The number of nitrogens with one attached hydrogen (secondary N) is 1. The number of hydrogen-bond acceptors (Lipinski definition) is 5. The van der Waals surface area contributed by atoms with E-state index in [4.69, 9.17) is 14.5 Å². The average molecular weight is 404 g/mol. The Morgan fingerprint density at radius 2 is 1.83 bits per heavy atom. The monoisotopic (exact) mass is 404 g/mol. The molecule has 0 bridgehead atoms. The van der Waals surface area contributed by atoms with E-state index < -0.39 is 0 Å². The number of carbonyl (C=O) groups is 1. The number of hydrogen-bond donors (Lipinski definition) is 1. The molecular formula is C23H24N4O3. The fraction of sp³-hybridized carbons (Fsp3) is 0.261. The van der Waals surface area contributed by atoms with Crippen LogP contribution in [0.3, 0.4) is 0 Å². The fourth-order valence-electron chi connectivity index (χ4n) is 3.37. The van der Waals surface area contributed by atoms with Crippen LogP contribution in [0.4, 0.5) is 5.82 Å². The first-order valence-electron chi connectivity index (χ1n) is 10.0. The zero-order valence-corrected chi connectivity index (χ0v) is 17.3. The van der Waals surface area contributed by atoms with E-state index in [1.54, 1.807) is 31.4 Å². The average Bonchev–Trinajstić information content (AvgIpc) is 3.09. The van der Waals surface area contributed by atoms with Crippen LogP contribution in [-0.4, -0.2) is 34.4 Å². The van der Waals surface area contributed by atoms with Gasteiger partial charge in [0.15, 0.2) is 11.5 Å². The number of methoxy groups -OCH3 is 1. The summed E-state index contributed by atoms with van der Waals surface area (Å²) in [6.45, 7) is 5.30. The van der Waals surface area contributed by atoms with Crippen LogP contribution in [0.15, 0.2) is 48.5 Å². The van der Waals surface area contributed by atoms with E-state index in [2.05, 4.69) is 17.3 Å². The Morgan fingerprint density at radius 3 is 2.53 bits per heavy atom. The standard InChI is InChI=1S/C23H24N4O3/c1-4-12-27-22-19(14-16-13-18(29-3)10-11-20(16)24-22)21(26-27)25-23(28)15-6-8-17(9-7-15)30-5-2/h6-11,13-14H,4-5,12H2,1-3H3,(H,25,26,28). The van der Waals surface area contributed by atoms with Crippen molar-refractivity contribution in [2.75, 3.05) is 19.0 Å². The van der Waals surface area contributed by atoms with E-state index in [-0.39, 0.29) is 5.91 Å². The largest absolute Gasteiger partial charge is 0.497 e. The highest BCUT2D eigenvalue weighted by atomic mass is 16.5. The van der Waals surface area contributed by atoms with Gasteiger partial charge < -0.3 is 14.8 Å². The Labute approximate surface area is 174 Å². The Bertz CT molecular complexity index is 1200. The molecule has 0 aliphatic carbocycles. The molecule has 1 amide bonds. The molecule has 0 saturated carbocycles. The van der Waals surface area contributed by atoms with Crippen LogP contribution >= 0.6 is 0 Å². The summed E-state index contributed by atoms with van der Waals surface area (Å²) in [7, 11) is 1.63. The van der Waals surface area contributed by atoms with Gasteiger partial charge in [0.05, 0.1) is 24.6 Å². The lowest BCUT2D eigenvalue weighted by molar-refractivity contribution is 0.102. The molecule has 0 radical (unpaired) electrons. The summed E-state index contributed by atoms with van der Waals surface area (Å²) in [6.07, 6.45) is 0.908. The molecule has 0 spiro atoms. The van der Waals surface area contributed by atoms with E-state index in [1.807, 2.05) is 35.9 Å². The fourth-order valence-corrected chi connectivity index (χ4v) is 3.37. The Balaban J connectivity index is 1.73. The summed E-state index contributed by atoms with van der Waals surface area (Å²) in [5.74, 6) is 1.75. The molecule has 4 aromatic rings. The normalized spacial score (nSPS) is 11.0. The molecule has 1 N–H and O–H groups in total. The van der Waals surface area contributed by atoms with Gasteiger partial charge in [-0.05, 0) is 61.9 Å². The topological polar surface area (TPSA) is 78.3 Å². The SMILES string of the molecule is CCCn1nc(NC(=O)c2ccc(OCC)cc2)c2cc3cc(OC)ccc3nc21. The van der Waals surface area contributed by atoms with E-state index in [1.165, 1.54) is 0 Å². The summed E-state index contributed by atoms with van der Waals surface area (Å²) in [5, 5.41) is 9.29. The molecule has 0 aliphatic heterocycles. The van der Waals surface area contributed by atoms with Gasteiger partial charge >= 0.3 is 0 Å². The number of ether oxygens (including phenoxy) is 2. The van der Waals surface area contributed by atoms with Crippen molar-refractivity contribution in [2.24, 2.45) is 0 Å². The maximum absolute atomic E-state index is 12.8. The van der Waals surface area contributed by atoms with Crippen molar-refractivity contribution < 1.29 is 14.3 Å². The van der Waals surface area contributed by atoms with Gasteiger partial charge in [0, 0.05) is 17.5 Å². The molecular weight excluding hydrogens is 380 g/mol. The minimum absolute atomic E-state index is 0.230. The quantitative estimate of drug-likeness (QED) is 0.485. The minimum Gasteiger partial charge on any atom is -0.497 e. The molecule has 0 unspecified atom stereocenters. The number of carbonyl (C=O) groups excluding carboxylic acids is 1. The molecule has 2 aromatic heterocycles. The van der Waals surface area contributed by atoms with E-state index in [9.17, 15) is 4.79 Å². The molecule has 0 atom stereocenters. The van der Waals surface area contributed by atoms with Crippen molar-refractivity contribution in [3.8, 4) is 11.5 Å². The predicted molar refractivity (Wildman–Crippen MR) is 117 cm³/mol. The highest BCUT2D eigenvalue weighted by Crippen LogP contribution is 2.28. The third kappa shape index (κ3) is 3.78. The zero-order valence-electron chi connectivity index (χ0n) is 17.3. The number of rotatable bonds is 7. The van der Waals surface area contributed by atoms with Crippen molar-refractivity contribution >= 4 is 33.7 Å². The lowest BCUT2D eigenvalue weighted by Crippen LogP contribution is -2.13. The van der Waals surface area contributed by atoms with Crippen LogP contribution in [0, 0.1) is 0 Å². The summed E-state index contributed by atoms with van der Waals surface area (Å²) in [6, 6.07) is 14.8. The number of nitrogens with zero attached hydrogens (tertiary/aromatic N) is 3. The molecule has 4 rings (SSSR count). The van der Waals surface area contributed by atoms with Gasteiger partial charge in [-0.3, -0.25) is 4.79 Å². The third-order valence-electron chi connectivity index (χ3n) is 4.82. The molecule has 7 nitrogen and oxygen atoms in total. The highest BCUT2D eigenvalue weighted by Gasteiger charge is 2.16. The number of aromatic nitrogens is 3. The second kappa shape index (κ2) is 8.41. The van der Waals surface area contributed by atoms with Gasteiger partial charge in [0.1, 0.15) is 11.5 Å². The molecule has 154 valence electrons. The second-order valence-corrected chi connectivity index (χ2v) is 6.90. The van der Waals surface area contributed by atoms with E-state index in [0.29, 0.717) is 24.5 Å². The van der Waals surface area contributed by atoms with Crippen molar-refractivity contribution in [3.63, 3.8) is 0 Å². The van der Waals surface area contributed by atoms with Gasteiger partial charge in [-0.25, -0.2) is 9.67 Å². The number of anilines is 1. The third-order valence-corrected chi connectivity index (χ3v) is 4.82. The smallest absolute Gasteiger partial charge is 0.256 e. The Morgan fingerprint density at radius 1 is 1.07 bits per heavy atom. The van der Waals surface area contributed by atoms with E-state index in [0.717, 1.165) is 39.9 Å². The van der Waals surface area contributed by atoms with Gasteiger partial charge in [0.2, 0.25) is 0 Å². The minimum atomic E-state index is -0.230. The van der Waals surface area contributed by atoms with Crippen LogP contribution in [0.25, 0.3) is 21.9 Å². The summed E-state index contributed by atoms with van der Waals surface area (Å²) in [4.78, 5) is 17.6. The van der Waals surface area contributed by atoms with Gasteiger partial charge in [-0.1, -0.05) is 6.92 Å². The molecule has 30 heavy (non-hydrogen) atoms. The first-order chi connectivity index (χ1) is 14.6. The number of pyridine rings is 1. The maximum Gasteiger partial charge on any atom is 0.256 e. The number of fused-ring (bicyclic) bond motifs is 2. The van der Waals surface area contributed by atoms with Crippen LogP contribution in [0.5, 0.6) is 11.5 Å². The van der Waals surface area contributed by atoms with Crippen molar-refractivity contribution in [2.45, 2.75) is 26.8 Å². The molecule has 0 fully saturated rings. The van der Waals surface area contributed by atoms with Crippen LogP contribution in [0.1, 0.15) is 30.6 Å². The number of benzene rings is 2. The molecule has 7 heteroatoms. The molecule has 2 heterocycles. The Kier molecular flexibility index (Phi) is 5.52. The van der Waals surface area contributed by atoms with Crippen LogP contribution < -0.4 is 14.8 Å². The second-order valence-electron chi connectivity index (χ2n) is 6.90. The lowest BCUT2D eigenvalue weighted by atomic mass is 10.1. The highest BCUT2D eigenvalue weighted by molar-refractivity contribution is 6.09. The van der Waals surface area contributed by atoms with E-state index >= 15 is 0 Å². The van der Waals surface area contributed by atoms with Crippen LogP contribution in [-0.2, 0) is 6.54 Å². The maximum atomic E-state index is 12.8. The van der Waals surface area contributed by atoms with Gasteiger partial charge in [-0.15, -0.1) is 0 Å².